The van der Waals surface area contributed by atoms with Crippen LogP contribution in [0.25, 0.3) is 6.08 Å². The molecular weight excluding hydrogens is 420 g/mol. The highest BCUT2D eigenvalue weighted by atomic mass is 32.1. The van der Waals surface area contributed by atoms with Crippen molar-refractivity contribution in [3.8, 4) is 5.75 Å². The van der Waals surface area contributed by atoms with Crippen LogP contribution in [0.2, 0.25) is 0 Å². The second kappa shape index (κ2) is 10.5. The molecule has 0 saturated heterocycles. The largest absolute Gasteiger partial charge is 0.486 e. The van der Waals surface area contributed by atoms with E-state index in [0.29, 0.717) is 0 Å². The van der Waals surface area contributed by atoms with E-state index in [2.05, 4.69) is 39.0 Å². The average Bonchev–Trinajstić information content (AvgIpc) is 3.12. The molecule has 4 nitrogen and oxygen atoms in total. The number of benzene rings is 1. The molecule has 2 rings (SSSR count). The molecule has 1 heterocycles. The number of esters is 1. The van der Waals surface area contributed by atoms with Crippen molar-refractivity contribution < 1.29 is 19.1 Å². The summed E-state index contributed by atoms with van der Waals surface area (Å²) in [4.78, 5) is 26.1. The lowest BCUT2D eigenvalue weighted by molar-refractivity contribution is -0.134. The van der Waals surface area contributed by atoms with E-state index >= 15 is 0 Å². The maximum absolute atomic E-state index is 12.2. The summed E-state index contributed by atoms with van der Waals surface area (Å²) in [6.07, 6.45) is 5.20. The van der Waals surface area contributed by atoms with E-state index in [9.17, 15) is 9.59 Å². The first-order valence-corrected chi connectivity index (χ1v) is 11.9. The summed E-state index contributed by atoms with van der Waals surface area (Å²) in [6.45, 7) is 14.3. The summed E-state index contributed by atoms with van der Waals surface area (Å²) in [6, 6.07) is 8.52. The van der Waals surface area contributed by atoms with Gasteiger partial charge in [-0.05, 0) is 61.6 Å². The van der Waals surface area contributed by atoms with E-state index < -0.39 is 5.41 Å². The van der Waals surface area contributed by atoms with Crippen LogP contribution in [-0.4, -0.2) is 25.5 Å². The van der Waals surface area contributed by atoms with Gasteiger partial charge in [-0.2, -0.15) is 0 Å². The molecule has 2 aromatic rings. The number of aryl methyl sites for hydroxylation is 2. The monoisotopic (exact) mass is 456 g/mol. The van der Waals surface area contributed by atoms with Crippen molar-refractivity contribution in [2.75, 3.05) is 13.7 Å². The van der Waals surface area contributed by atoms with Crippen molar-refractivity contribution >= 4 is 29.2 Å². The minimum absolute atomic E-state index is 0.0798. The molecule has 0 amide bonds. The molecule has 5 heteroatoms. The number of carbonyl (C=O) groups is 2. The number of hydrogen-bond donors (Lipinski definition) is 0. The average molecular weight is 457 g/mol. The minimum Gasteiger partial charge on any atom is -0.486 e. The molecule has 0 radical (unpaired) electrons. The number of rotatable bonds is 9. The van der Waals surface area contributed by atoms with Gasteiger partial charge in [0.25, 0.3) is 0 Å². The van der Waals surface area contributed by atoms with Gasteiger partial charge in [0.2, 0.25) is 0 Å². The smallest absolute Gasteiger partial charge is 0.330 e. The zero-order valence-electron chi connectivity index (χ0n) is 20.6. The third-order valence-electron chi connectivity index (χ3n) is 6.13. The quantitative estimate of drug-likeness (QED) is 0.313. The van der Waals surface area contributed by atoms with Crippen molar-refractivity contribution in [1.29, 1.82) is 0 Å². The highest BCUT2D eigenvalue weighted by molar-refractivity contribution is 7.13. The third kappa shape index (κ3) is 5.69. The standard InChI is InChI=1S/C27H36O4S/c1-9-27(10-2,24-16-19(4)22(32-24)13-14-25(29)30-8)20-11-12-21(18(3)15-20)31-17-23(28)26(5,6)7/h11-16H,9-10,17H2,1-8H3/b14-13+. The molecule has 0 bridgehead atoms. The third-order valence-corrected chi connectivity index (χ3v) is 7.54. The lowest BCUT2D eigenvalue weighted by Crippen LogP contribution is -2.27. The van der Waals surface area contributed by atoms with E-state index in [4.69, 9.17) is 9.47 Å². The predicted octanol–water partition coefficient (Wildman–Crippen LogP) is 6.65. The van der Waals surface area contributed by atoms with Crippen LogP contribution >= 0.6 is 11.3 Å². The van der Waals surface area contributed by atoms with Crippen LogP contribution in [0.3, 0.4) is 0 Å². The van der Waals surface area contributed by atoms with E-state index in [1.807, 2.05) is 39.8 Å². The Bertz CT molecular complexity index is 988. The maximum atomic E-state index is 12.2. The Morgan fingerprint density at radius 3 is 2.22 bits per heavy atom. The number of methoxy groups -OCH3 is 1. The van der Waals surface area contributed by atoms with Crippen molar-refractivity contribution in [1.82, 2.24) is 0 Å². The van der Waals surface area contributed by atoms with Crippen molar-refractivity contribution in [2.45, 2.75) is 66.7 Å². The molecule has 0 aliphatic rings. The fourth-order valence-corrected chi connectivity index (χ4v) is 5.16. The molecule has 0 N–H and O–H groups in total. The molecule has 0 aliphatic heterocycles. The number of ether oxygens (including phenoxy) is 2. The van der Waals surface area contributed by atoms with Gasteiger partial charge in [-0.3, -0.25) is 4.79 Å². The van der Waals surface area contributed by atoms with E-state index in [1.54, 1.807) is 11.3 Å². The van der Waals surface area contributed by atoms with Gasteiger partial charge < -0.3 is 9.47 Å². The van der Waals surface area contributed by atoms with Gasteiger partial charge in [0.05, 0.1) is 7.11 Å². The molecule has 1 aromatic heterocycles. The summed E-state index contributed by atoms with van der Waals surface area (Å²) in [7, 11) is 1.38. The number of carbonyl (C=O) groups excluding carboxylic acids is 2. The van der Waals surface area contributed by atoms with Gasteiger partial charge >= 0.3 is 5.97 Å². The number of ketones is 1. The minimum atomic E-state index is -0.412. The van der Waals surface area contributed by atoms with Gasteiger partial charge in [-0.1, -0.05) is 46.8 Å². The Labute approximate surface area is 196 Å². The first-order valence-electron chi connectivity index (χ1n) is 11.1. The number of hydrogen-bond acceptors (Lipinski definition) is 5. The van der Waals surface area contributed by atoms with Crippen molar-refractivity contribution in [3.05, 3.63) is 56.8 Å². The Hall–Kier alpha value is -2.40. The normalized spacial score (nSPS) is 12.2. The topological polar surface area (TPSA) is 52.6 Å². The molecule has 0 atom stereocenters. The first-order chi connectivity index (χ1) is 15.0. The summed E-state index contributed by atoms with van der Waals surface area (Å²) < 4.78 is 10.6. The Kier molecular flexibility index (Phi) is 8.47. The van der Waals surface area contributed by atoms with E-state index in [-0.39, 0.29) is 23.8 Å². The summed E-state index contributed by atoms with van der Waals surface area (Å²) in [5, 5.41) is 0. The van der Waals surface area contributed by atoms with Gasteiger partial charge in [0.15, 0.2) is 5.78 Å². The maximum Gasteiger partial charge on any atom is 0.330 e. The van der Waals surface area contributed by atoms with Crippen LogP contribution in [0, 0.1) is 19.3 Å². The van der Waals surface area contributed by atoms with Gasteiger partial charge in [0.1, 0.15) is 12.4 Å². The van der Waals surface area contributed by atoms with Crippen molar-refractivity contribution in [2.24, 2.45) is 5.41 Å². The molecule has 0 aliphatic carbocycles. The summed E-state index contributed by atoms with van der Waals surface area (Å²) >= 11 is 1.72. The highest BCUT2D eigenvalue weighted by Gasteiger charge is 2.33. The molecule has 0 fully saturated rings. The molecule has 1 aromatic carbocycles. The molecule has 32 heavy (non-hydrogen) atoms. The molecule has 174 valence electrons. The van der Waals surface area contributed by atoms with Gasteiger partial charge in [0, 0.05) is 26.7 Å². The fraction of sp³-hybridized carbons (Fsp3) is 0.481. The number of thiophene rings is 1. The van der Waals surface area contributed by atoms with Crippen LogP contribution in [-0.2, 0) is 19.7 Å². The lowest BCUT2D eigenvalue weighted by atomic mass is 9.74. The predicted molar refractivity (Wildman–Crippen MR) is 133 cm³/mol. The molecule has 0 unspecified atom stereocenters. The van der Waals surface area contributed by atoms with Crippen LogP contribution in [0.15, 0.2) is 30.3 Å². The second-order valence-electron chi connectivity index (χ2n) is 9.25. The number of Topliss-reactive ketones (excluding diaryl/α,β-unsaturated/α-hetero) is 1. The highest BCUT2D eigenvalue weighted by Crippen LogP contribution is 2.44. The Morgan fingerprint density at radius 2 is 1.69 bits per heavy atom. The fourth-order valence-electron chi connectivity index (χ4n) is 3.73. The first kappa shape index (κ1) is 25.9. The van der Waals surface area contributed by atoms with Gasteiger partial charge in [-0.25, -0.2) is 4.79 Å². The van der Waals surface area contributed by atoms with Crippen LogP contribution < -0.4 is 4.74 Å². The molecular formula is C27H36O4S. The lowest BCUT2D eigenvalue weighted by Gasteiger charge is -2.32. The van der Waals surface area contributed by atoms with Crippen LogP contribution in [0.5, 0.6) is 5.75 Å². The van der Waals surface area contributed by atoms with E-state index in [0.717, 1.165) is 34.6 Å². The zero-order valence-corrected chi connectivity index (χ0v) is 21.4. The Balaban J connectivity index is 2.38. The summed E-state index contributed by atoms with van der Waals surface area (Å²) in [5.41, 5.74) is 2.87. The van der Waals surface area contributed by atoms with Gasteiger partial charge in [-0.15, -0.1) is 11.3 Å². The SMILES string of the molecule is CCC(CC)(c1ccc(OCC(=O)C(C)(C)C)c(C)c1)c1cc(C)c(/C=C/C(=O)OC)s1. The van der Waals surface area contributed by atoms with Crippen LogP contribution in [0.4, 0.5) is 0 Å². The second-order valence-corrected chi connectivity index (χ2v) is 10.3. The van der Waals surface area contributed by atoms with E-state index in [1.165, 1.54) is 23.6 Å². The van der Waals surface area contributed by atoms with Crippen LogP contribution in [0.1, 0.15) is 73.9 Å². The van der Waals surface area contributed by atoms with Crippen molar-refractivity contribution in [3.63, 3.8) is 0 Å². The molecule has 0 spiro atoms. The zero-order chi connectivity index (χ0) is 24.1. The Morgan fingerprint density at radius 1 is 1.03 bits per heavy atom. The molecule has 0 saturated carbocycles. The summed E-state index contributed by atoms with van der Waals surface area (Å²) in [5.74, 6) is 0.475.